The molecule has 1 heterocycles. The van der Waals surface area contributed by atoms with E-state index in [0.717, 1.165) is 10.5 Å². The molecule has 2 aromatic rings. The molecule has 4 nitrogen and oxygen atoms in total. The lowest BCUT2D eigenvalue weighted by Gasteiger charge is -2.20. The minimum absolute atomic E-state index is 0.0598. The Bertz CT molecular complexity index is 760. The van der Waals surface area contributed by atoms with Crippen LogP contribution in [0.25, 0.3) is 6.08 Å². The second-order valence-corrected chi connectivity index (χ2v) is 8.30. The molecule has 1 aromatic carbocycles. The van der Waals surface area contributed by atoms with Gasteiger partial charge in [-0.3, -0.25) is 0 Å². The van der Waals surface area contributed by atoms with Gasteiger partial charge in [0.05, 0.1) is 12.3 Å². The molecule has 25 heavy (non-hydrogen) atoms. The lowest BCUT2D eigenvalue weighted by molar-refractivity contribution is 0.0703. The van der Waals surface area contributed by atoms with Crippen molar-refractivity contribution in [3.63, 3.8) is 0 Å². The van der Waals surface area contributed by atoms with Crippen LogP contribution in [0.3, 0.4) is 0 Å². The second-order valence-electron chi connectivity index (χ2n) is 6.53. The molecule has 0 saturated carbocycles. The maximum Gasteiger partial charge on any atom is 0.348 e. The Balaban J connectivity index is 2.26. The van der Waals surface area contributed by atoms with Gasteiger partial charge in [0.2, 0.25) is 0 Å². The summed E-state index contributed by atoms with van der Waals surface area (Å²) >= 11 is 2.63. The van der Waals surface area contributed by atoms with E-state index in [9.17, 15) is 9.90 Å². The molecule has 0 amide bonds. The molecule has 0 spiro atoms. The molecular weight excluding hydrogens is 354 g/mol. The Kier molecular flexibility index (Phi) is 6.70. The predicted molar refractivity (Wildman–Crippen MR) is 107 cm³/mol. The van der Waals surface area contributed by atoms with Gasteiger partial charge < -0.3 is 14.6 Å². The van der Waals surface area contributed by atoms with Crippen LogP contribution in [0.2, 0.25) is 0 Å². The molecule has 0 radical (unpaired) electrons. The van der Waals surface area contributed by atoms with E-state index in [1.807, 2.05) is 12.2 Å². The average Bonchev–Trinajstić information content (AvgIpc) is 3.01. The van der Waals surface area contributed by atoms with E-state index < -0.39 is 5.97 Å². The highest BCUT2D eigenvalue weighted by Gasteiger charge is 2.16. The van der Waals surface area contributed by atoms with Gasteiger partial charge in [-0.1, -0.05) is 45.1 Å². The number of benzene rings is 1. The third-order valence-electron chi connectivity index (χ3n) is 3.57. The monoisotopic (exact) mass is 377 g/mol. The summed E-state index contributed by atoms with van der Waals surface area (Å²) in [6.45, 7) is 7.09. The number of carbonyl (C=O) groups is 1. The summed E-state index contributed by atoms with van der Waals surface area (Å²) in [5.41, 5.74) is 3.00. The topological polar surface area (TPSA) is 58.6 Å². The van der Waals surface area contributed by atoms with E-state index in [0.29, 0.717) is 17.2 Å². The van der Waals surface area contributed by atoms with Gasteiger partial charge in [0.15, 0.2) is 0 Å². The number of ether oxygens (including phenoxy) is 1. The molecule has 2 rings (SSSR count). The second kappa shape index (κ2) is 8.56. The fourth-order valence-electron chi connectivity index (χ4n) is 2.17. The van der Waals surface area contributed by atoms with Crippen molar-refractivity contribution >= 4 is 41.0 Å². The normalized spacial score (nSPS) is 11.8. The highest BCUT2D eigenvalue weighted by atomic mass is 32.2. The van der Waals surface area contributed by atoms with Crippen molar-refractivity contribution in [1.82, 2.24) is 0 Å². The summed E-state index contributed by atoms with van der Waals surface area (Å²) in [7, 11) is 1.66. The molecule has 0 fully saturated rings. The van der Waals surface area contributed by atoms with Crippen LogP contribution in [0.4, 0.5) is 5.69 Å². The van der Waals surface area contributed by atoms with E-state index in [2.05, 4.69) is 43.7 Å². The minimum Gasteiger partial charge on any atom is -0.477 e. The lowest BCUT2D eigenvalue weighted by Crippen LogP contribution is -2.11. The SMILES string of the molecule is COC/C=C/c1cc(C(C)(C)C)ccc1SNc1ccsc1C(=O)O. The summed E-state index contributed by atoms with van der Waals surface area (Å²) in [4.78, 5) is 12.6. The van der Waals surface area contributed by atoms with Gasteiger partial charge in [-0.15, -0.1) is 11.3 Å². The number of hydrogen-bond acceptors (Lipinski definition) is 5. The fraction of sp³-hybridized carbons (Fsp3) is 0.316. The zero-order chi connectivity index (χ0) is 18.4. The van der Waals surface area contributed by atoms with Crippen molar-refractivity contribution in [3.05, 3.63) is 51.7 Å². The minimum atomic E-state index is -0.915. The number of hydrogen-bond donors (Lipinski definition) is 2. The highest BCUT2D eigenvalue weighted by Crippen LogP contribution is 2.32. The van der Waals surface area contributed by atoms with Crippen LogP contribution in [0.5, 0.6) is 0 Å². The Morgan fingerprint density at radius 2 is 2.12 bits per heavy atom. The summed E-state index contributed by atoms with van der Waals surface area (Å²) in [6, 6.07) is 8.13. The zero-order valence-electron chi connectivity index (χ0n) is 14.8. The third kappa shape index (κ3) is 5.36. The number of carboxylic acid groups (broad SMARTS) is 1. The van der Waals surface area contributed by atoms with Gasteiger partial charge in [-0.05, 0) is 46.0 Å². The molecule has 0 unspecified atom stereocenters. The zero-order valence-corrected chi connectivity index (χ0v) is 16.5. The predicted octanol–water partition coefficient (Wildman–Crippen LogP) is 5.52. The van der Waals surface area contributed by atoms with Crippen LogP contribution in [0.15, 0.2) is 40.6 Å². The van der Waals surface area contributed by atoms with E-state index in [-0.39, 0.29) is 5.41 Å². The van der Waals surface area contributed by atoms with E-state index in [1.54, 1.807) is 18.6 Å². The molecule has 0 aliphatic rings. The van der Waals surface area contributed by atoms with Gasteiger partial charge in [0, 0.05) is 12.0 Å². The van der Waals surface area contributed by atoms with Crippen LogP contribution in [0.1, 0.15) is 41.6 Å². The van der Waals surface area contributed by atoms with Crippen molar-refractivity contribution in [1.29, 1.82) is 0 Å². The van der Waals surface area contributed by atoms with Gasteiger partial charge in [-0.2, -0.15) is 0 Å². The quantitative estimate of drug-likeness (QED) is 0.622. The summed E-state index contributed by atoms with van der Waals surface area (Å²) < 4.78 is 8.25. The van der Waals surface area contributed by atoms with Gasteiger partial charge in [0.1, 0.15) is 4.88 Å². The number of rotatable bonds is 7. The average molecular weight is 378 g/mol. The van der Waals surface area contributed by atoms with Crippen LogP contribution in [-0.4, -0.2) is 24.8 Å². The van der Waals surface area contributed by atoms with Crippen molar-refractivity contribution in [2.24, 2.45) is 0 Å². The number of thiophene rings is 1. The molecule has 6 heteroatoms. The van der Waals surface area contributed by atoms with Crippen LogP contribution in [0, 0.1) is 0 Å². The highest BCUT2D eigenvalue weighted by molar-refractivity contribution is 8.00. The van der Waals surface area contributed by atoms with E-state index in [4.69, 9.17) is 4.74 Å². The molecule has 0 aliphatic heterocycles. The van der Waals surface area contributed by atoms with Crippen LogP contribution < -0.4 is 4.72 Å². The van der Waals surface area contributed by atoms with E-state index >= 15 is 0 Å². The van der Waals surface area contributed by atoms with Crippen molar-refractivity contribution in [3.8, 4) is 0 Å². The van der Waals surface area contributed by atoms with Crippen LogP contribution >= 0.6 is 23.3 Å². The Hall–Kier alpha value is -1.76. The first-order chi connectivity index (χ1) is 11.8. The molecule has 134 valence electrons. The maximum absolute atomic E-state index is 11.2. The first kappa shape index (κ1) is 19.6. The van der Waals surface area contributed by atoms with Crippen LogP contribution in [-0.2, 0) is 10.2 Å². The Labute approximate surface area is 157 Å². The molecule has 1 aromatic heterocycles. The molecule has 0 saturated heterocycles. The Morgan fingerprint density at radius 3 is 2.76 bits per heavy atom. The summed E-state index contributed by atoms with van der Waals surface area (Å²) in [5.74, 6) is -0.915. The van der Waals surface area contributed by atoms with Gasteiger partial charge in [-0.25, -0.2) is 4.79 Å². The standard InChI is InChI=1S/C19H23NO3S2/c1-19(2,3)14-7-8-16(13(12-14)6-5-10-23-4)25-20-15-9-11-24-17(15)18(21)22/h5-9,11-12,20H,10H2,1-4H3,(H,21,22)/b6-5+. The van der Waals surface area contributed by atoms with Crippen molar-refractivity contribution in [2.75, 3.05) is 18.4 Å². The van der Waals surface area contributed by atoms with Gasteiger partial charge in [0.25, 0.3) is 0 Å². The molecule has 0 aliphatic carbocycles. The first-order valence-corrected chi connectivity index (χ1v) is 9.56. The molecule has 0 atom stereocenters. The number of methoxy groups -OCH3 is 1. The molecule has 0 bridgehead atoms. The number of aromatic carboxylic acids is 1. The number of carboxylic acids is 1. The molecule has 2 N–H and O–H groups in total. The summed E-state index contributed by atoms with van der Waals surface area (Å²) in [6.07, 6.45) is 4.01. The van der Waals surface area contributed by atoms with Crippen molar-refractivity contribution in [2.45, 2.75) is 31.1 Å². The first-order valence-electron chi connectivity index (χ1n) is 7.86. The number of nitrogens with one attached hydrogen (secondary N) is 1. The van der Waals surface area contributed by atoms with E-state index in [1.165, 1.54) is 28.8 Å². The van der Waals surface area contributed by atoms with Gasteiger partial charge >= 0.3 is 5.97 Å². The smallest absolute Gasteiger partial charge is 0.348 e. The number of anilines is 1. The fourth-order valence-corrected chi connectivity index (χ4v) is 3.70. The van der Waals surface area contributed by atoms with Crippen molar-refractivity contribution < 1.29 is 14.6 Å². The third-order valence-corrected chi connectivity index (χ3v) is 5.38. The largest absolute Gasteiger partial charge is 0.477 e. The maximum atomic E-state index is 11.2. The molecular formula is C19H23NO3S2. The summed E-state index contributed by atoms with van der Waals surface area (Å²) in [5, 5.41) is 11.0. The lowest BCUT2D eigenvalue weighted by atomic mass is 9.86. The Morgan fingerprint density at radius 1 is 1.36 bits per heavy atom.